The fourth-order valence-electron chi connectivity index (χ4n) is 3.58. The van der Waals surface area contributed by atoms with Crippen LogP contribution in [0, 0.1) is 16.7 Å². The number of aliphatic carboxylic acids is 1. The molecule has 0 bridgehead atoms. The van der Waals surface area contributed by atoms with Crippen molar-refractivity contribution in [2.45, 2.75) is 20.3 Å². The van der Waals surface area contributed by atoms with Crippen molar-refractivity contribution in [2.24, 2.45) is 5.41 Å². The van der Waals surface area contributed by atoms with Crippen LogP contribution >= 0.6 is 11.3 Å². The molecule has 3 nitrogen and oxygen atoms in total. The van der Waals surface area contributed by atoms with E-state index in [-0.39, 0.29) is 0 Å². The highest BCUT2D eigenvalue weighted by Gasteiger charge is 2.28. The van der Waals surface area contributed by atoms with Crippen LogP contribution in [-0.4, -0.2) is 11.1 Å². The SMILES string of the molecule is CC(C)(Cc1cc2c(-c3ccc(C#N)c4ccccc34)cccc2s1)C(=O)O. The Morgan fingerprint density at radius 1 is 1.00 bits per heavy atom. The molecule has 0 saturated heterocycles. The maximum Gasteiger partial charge on any atom is 0.309 e. The molecule has 0 amide bonds. The second kappa shape index (κ2) is 6.78. The average Bonchev–Trinajstić information content (AvgIpc) is 3.08. The Kier molecular flexibility index (Phi) is 4.41. The molecule has 0 aliphatic heterocycles. The topological polar surface area (TPSA) is 61.1 Å². The molecule has 0 radical (unpaired) electrons. The highest BCUT2D eigenvalue weighted by atomic mass is 32.1. The smallest absolute Gasteiger partial charge is 0.309 e. The van der Waals surface area contributed by atoms with Gasteiger partial charge in [-0.05, 0) is 55.0 Å². The van der Waals surface area contributed by atoms with Crippen LogP contribution in [-0.2, 0) is 11.2 Å². The third-order valence-corrected chi connectivity index (χ3v) is 6.24. The van der Waals surface area contributed by atoms with Gasteiger partial charge in [0, 0.05) is 20.3 Å². The van der Waals surface area contributed by atoms with Crippen molar-refractivity contribution in [1.29, 1.82) is 5.26 Å². The predicted octanol–water partition coefficient (Wildman–Crippen LogP) is 6.25. The fourth-order valence-corrected chi connectivity index (χ4v) is 4.90. The summed E-state index contributed by atoms with van der Waals surface area (Å²) in [5, 5.41) is 22.0. The van der Waals surface area contributed by atoms with E-state index in [2.05, 4.69) is 24.3 Å². The molecule has 1 N–H and O–H groups in total. The first-order valence-corrected chi connectivity index (χ1v) is 9.89. The lowest BCUT2D eigenvalue weighted by atomic mass is 9.88. The molecule has 1 aromatic heterocycles. The Balaban J connectivity index is 1.90. The number of fused-ring (bicyclic) bond motifs is 2. The standard InChI is InChI=1S/C24H19NO2S/c1-24(2,23(26)27)13-16-12-21-19(8-5-9-22(21)28-16)20-11-10-15(14-25)17-6-3-4-7-18(17)20/h3-12H,13H2,1-2H3,(H,26,27). The molecule has 0 unspecified atom stereocenters. The molecule has 4 aromatic rings. The number of hydrogen-bond acceptors (Lipinski definition) is 3. The number of hydrogen-bond donors (Lipinski definition) is 1. The number of carboxylic acids is 1. The lowest BCUT2D eigenvalue weighted by molar-refractivity contribution is -0.146. The van der Waals surface area contributed by atoms with Gasteiger partial charge in [0.25, 0.3) is 0 Å². The molecule has 0 aliphatic rings. The molecule has 0 aliphatic carbocycles. The first-order valence-electron chi connectivity index (χ1n) is 9.08. The summed E-state index contributed by atoms with van der Waals surface area (Å²) >= 11 is 1.65. The summed E-state index contributed by atoms with van der Waals surface area (Å²) in [4.78, 5) is 12.6. The molecule has 1 heterocycles. The second-order valence-corrected chi connectivity index (χ2v) is 8.78. The minimum absolute atomic E-state index is 0.495. The van der Waals surface area contributed by atoms with Crippen molar-refractivity contribution >= 4 is 38.2 Å². The van der Waals surface area contributed by atoms with Crippen LogP contribution in [0.4, 0.5) is 0 Å². The van der Waals surface area contributed by atoms with E-state index in [9.17, 15) is 15.2 Å². The number of nitriles is 1. The maximum atomic E-state index is 11.5. The van der Waals surface area contributed by atoms with Crippen LogP contribution < -0.4 is 0 Å². The average molecular weight is 385 g/mol. The quantitative estimate of drug-likeness (QED) is 0.452. The van der Waals surface area contributed by atoms with Crippen LogP contribution in [0.5, 0.6) is 0 Å². The predicted molar refractivity (Wildman–Crippen MR) is 115 cm³/mol. The van der Waals surface area contributed by atoms with Crippen LogP contribution in [0.3, 0.4) is 0 Å². The van der Waals surface area contributed by atoms with Crippen LogP contribution in [0.15, 0.2) is 60.7 Å². The number of nitrogens with zero attached hydrogens (tertiary/aromatic N) is 1. The van der Waals surface area contributed by atoms with Crippen LogP contribution in [0.1, 0.15) is 24.3 Å². The van der Waals surface area contributed by atoms with E-state index in [1.165, 1.54) is 0 Å². The van der Waals surface area contributed by atoms with Gasteiger partial charge < -0.3 is 5.11 Å². The number of rotatable bonds is 4. The summed E-state index contributed by atoms with van der Waals surface area (Å²) in [6.45, 7) is 3.52. The molecule has 28 heavy (non-hydrogen) atoms. The fraction of sp³-hybridized carbons (Fsp3) is 0.167. The number of benzene rings is 3. The van der Waals surface area contributed by atoms with Gasteiger partial charge in [0.15, 0.2) is 0 Å². The molecule has 0 atom stereocenters. The molecule has 0 spiro atoms. The number of thiophene rings is 1. The molecular weight excluding hydrogens is 366 g/mol. The summed E-state index contributed by atoms with van der Waals surface area (Å²) in [5.74, 6) is -0.789. The van der Waals surface area contributed by atoms with Crippen molar-refractivity contribution in [2.75, 3.05) is 0 Å². The summed E-state index contributed by atoms with van der Waals surface area (Å²) < 4.78 is 1.14. The molecule has 4 heteroatoms. The molecule has 0 fully saturated rings. The van der Waals surface area contributed by atoms with Gasteiger partial charge in [-0.1, -0.05) is 42.5 Å². The van der Waals surface area contributed by atoms with E-state index in [4.69, 9.17) is 0 Å². The highest BCUT2D eigenvalue weighted by molar-refractivity contribution is 7.19. The lowest BCUT2D eigenvalue weighted by Gasteiger charge is -2.17. The molecule has 4 rings (SSSR count). The van der Waals surface area contributed by atoms with E-state index in [0.717, 1.165) is 36.9 Å². The zero-order valence-electron chi connectivity index (χ0n) is 15.7. The van der Waals surface area contributed by atoms with Gasteiger partial charge in [0.1, 0.15) is 0 Å². The molecular formula is C24H19NO2S. The Morgan fingerprint density at radius 3 is 2.43 bits per heavy atom. The van der Waals surface area contributed by atoms with E-state index in [1.54, 1.807) is 25.2 Å². The molecule has 3 aromatic carbocycles. The summed E-state index contributed by atoms with van der Waals surface area (Å²) in [7, 11) is 0. The molecule has 0 saturated carbocycles. The summed E-state index contributed by atoms with van der Waals surface area (Å²) in [6, 6.07) is 22.4. The Bertz CT molecular complexity index is 1260. The summed E-state index contributed by atoms with van der Waals surface area (Å²) in [6.07, 6.45) is 0.495. The largest absolute Gasteiger partial charge is 0.481 e. The van der Waals surface area contributed by atoms with Crippen molar-refractivity contribution in [3.05, 3.63) is 71.1 Å². The lowest BCUT2D eigenvalue weighted by Crippen LogP contribution is -2.25. The Hall–Kier alpha value is -3.16. The van der Waals surface area contributed by atoms with E-state index in [0.29, 0.717) is 12.0 Å². The Morgan fingerprint density at radius 2 is 1.71 bits per heavy atom. The third kappa shape index (κ3) is 3.04. The first-order chi connectivity index (χ1) is 13.4. The highest BCUT2D eigenvalue weighted by Crippen LogP contribution is 2.39. The van der Waals surface area contributed by atoms with Crippen molar-refractivity contribution in [1.82, 2.24) is 0 Å². The van der Waals surface area contributed by atoms with Crippen molar-refractivity contribution in [3.8, 4) is 17.2 Å². The van der Waals surface area contributed by atoms with Gasteiger partial charge in [-0.2, -0.15) is 5.26 Å². The molecule has 138 valence electrons. The van der Waals surface area contributed by atoms with E-state index >= 15 is 0 Å². The third-order valence-electron chi connectivity index (χ3n) is 5.14. The number of carbonyl (C=O) groups is 1. The second-order valence-electron chi connectivity index (χ2n) is 7.61. The monoisotopic (exact) mass is 385 g/mol. The van der Waals surface area contributed by atoms with Crippen LogP contribution in [0.2, 0.25) is 0 Å². The summed E-state index contributed by atoms with van der Waals surface area (Å²) in [5.41, 5.74) is 2.05. The van der Waals surface area contributed by atoms with Gasteiger partial charge in [-0.3, -0.25) is 4.79 Å². The van der Waals surface area contributed by atoms with E-state index in [1.807, 2.05) is 42.5 Å². The first kappa shape index (κ1) is 18.2. The van der Waals surface area contributed by atoms with Crippen LogP contribution in [0.25, 0.3) is 32.0 Å². The maximum absolute atomic E-state index is 11.5. The van der Waals surface area contributed by atoms with Crippen molar-refractivity contribution < 1.29 is 9.90 Å². The van der Waals surface area contributed by atoms with Gasteiger partial charge >= 0.3 is 5.97 Å². The van der Waals surface area contributed by atoms with E-state index < -0.39 is 11.4 Å². The van der Waals surface area contributed by atoms with Gasteiger partial charge in [-0.25, -0.2) is 0 Å². The Labute approximate surface area is 167 Å². The van der Waals surface area contributed by atoms with Crippen molar-refractivity contribution in [3.63, 3.8) is 0 Å². The van der Waals surface area contributed by atoms with Gasteiger partial charge in [0.05, 0.1) is 17.0 Å². The zero-order chi connectivity index (χ0) is 19.9. The zero-order valence-corrected chi connectivity index (χ0v) is 16.5. The number of carboxylic acid groups (broad SMARTS) is 1. The van der Waals surface area contributed by atoms with Gasteiger partial charge in [-0.15, -0.1) is 11.3 Å². The minimum Gasteiger partial charge on any atom is -0.481 e. The normalized spacial score (nSPS) is 11.6. The minimum atomic E-state index is -0.803. The van der Waals surface area contributed by atoms with Gasteiger partial charge in [0.2, 0.25) is 0 Å².